The fourth-order valence-corrected chi connectivity index (χ4v) is 3.21. The van der Waals surface area contributed by atoms with Gasteiger partial charge in [-0.25, -0.2) is 9.97 Å². The van der Waals surface area contributed by atoms with E-state index in [1.807, 2.05) is 54.6 Å². The molecule has 0 radical (unpaired) electrons. The quantitative estimate of drug-likeness (QED) is 0.397. The number of anilines is 3. The van der Waals surface area contributed by atoms with Crippen molar-refractivity contribution in [2.75, 3.05) is 30.9 Å². The molecule has 0 spiro atoms. The minimum absolute atomic E-state index is 0.496. The molecule has 4 aromatic rings. The van der Waals surface area contributed by atoms with Crippen LogP contribution >= 0.6 is 0 Å². The summed E-state index contributed by atoms with van der Waals surface area (Å²) in [6.07, 6.45) is 1.55. The molecule has 2 N–H and O–H groups in total. The molecule has 0 saturated heterocycles. The first-order valence-corrected chi connectivity index (χ1v) is 9.81. The summed E-state index contributed by atoms with van der Waals surface area (Å²) < 4.78 is 11.5. The van der Waals surface area contributed by atoms with Crippen molar-refractivity contribution in [3.05, 3.63) is 78.6 Å². The summed E-state index contributed by atoms with van der Waals surface area (Å²) in [5.41, 5.74) is 4.00. The number of nitrogens with zero attached hydrogens (tertiary/aromatic N) is 2. The lowest BCUT2D eigenvalue weighted by molar-refractivity contribution is 0.306. The van der Waals surface area contributed by atoms with Gasteiger partial charge in [-0.05, 0) is 42.8 Å². The van der Waals surface area contributed by atoms with Gasteiger partial charge in [0.15, 0.2) is 11.5 Å². The third-order valence-corrected chi connectivity index (χ3v) is 4.66. The second-order valence-electron chi connectivity index (χ2n) is 6.88. The van der Waals surface area contributed by atoms with Crippen LogP contribution in [0.2, 0.25) is 0 Å². The summed E-state index contributed by atoms with van der Waals surface area (Å²) in [5.74, 6) is 2.02. The lowest BCUT2D eigenvalue weighted by atomic mass is 10.2. The van der Waals surface area contributed by atoms with E-state index in [1.54, 1.807) is 13.4 Å². The van der Waals surface area contributed by atoms with Crippen molar-refractivity contribution in [2.24, 2.45) is 0 Å². The van der Waals surface area contributed by atoms with Crippen LogP contribution in [0.4, 0.5) is 17.2 Å². The molecule has 0 aliphatic rings. The largest absolute Gasteiger partial charge is 0.493 e. The van der Waals surface area contributed by atoms with Crippen LogP contribution in [0.1, 0.15) is 5.56 Å². The summed E-state index contributed by atoms with van der Waals surface area (Å²) in [7, 11) is 1.63. The van der Waals surface area contributed by atoms with E-state index >= 15 is 0 Å². The van der Waals surface area contributed by atoms with Gasteiger partial charge in [-0.1, -0.05) is 30.3 Å². The number of ether oxygens (including phenoxy) is 2. The van der Waals surface area contributed by atoms with Gasteiger partial charge in [0.2, 0.25) is 0 Å². The summed E-state index contributed by atoms with van der Waals surface area (Å²) in [6, 6.07) is 22.0. The maximum Gasteiger partial charge on any atom is 0.163 e. The molecule has 0 aliphatic carbocycles. The van der Waals surface area contributed by atoms with Gasteiger partial charge in [0.05, 0.1) is 12.6 Å². The fraction of sp³-hybridized carbons (Fsp3) is 0.167. The van der Waals surface area contributed by atoms with Crippen LogP contribution in [0, 0.1) is 6.92 Å². The zero-order valence-corrected chi connectivity index (χ0v) is 17.1. The van der Waals surface area contributed by atoms with Gasteiger partial charge in [0, 0.05) is 29.4 Å². The van der Waals surface area contributed by atoms with Gasteiger partial charge in [-0.15, -0.1) is 0 Å². The van der Waals surface area contributed by atoms with E-state index in [9.17, 15) is 0 Å². The molecule has 6 heteroatoms. The van der Waals surface area contributed by atoms with E-state index in [4.69, 9.17) is 9.47 Å². The van der Waals surface area contributed by atoms with Crippen molar-refractivity contribution in [1.82, 2.24) is 9.97 Å². The molecular formula is C24H24N4O2. The van der Waals surface area contributed by atoms with E-state index in [0.29, 0.717) is 24.7 Å². The molecule has 0 saturated carbocycles. The second-order valence-corrected chi connectivity index (χ2v) is 6.88. The number of hydrogen-bond donors (Lipinski definition) is 2. The van der Waals surface area contributed by atoms with Gasteiger partial charge in [0.1, 0.15) is 18.8 Å². The SMILES string of the molecule is COc1cc2c(Nc3cccc(C)c3)ncnc2cc1OCCNc1ccccc1. The number of aryl methyl sites for hydroxylation is 1. The minimum Gasteiger partial charge on any atom is -0.493 e. The topological polar surface area (TPSA) is 68.3 Å². The Morgan fingerprint density at radius 3 is 2.50 bits per heavy atom. The van der Waals surface area contributed by atoms with E-state index in [0.717, 1.165) is 28.1 Å². The highest BCUT2D eigenvalue weighted by atomic mass is 16.5. The average molecular weight is 400 g/mol. The predicted molar refractivity (Wildman–Crippen MR) is 121 cm³/mol. The summed E-state index contributed by atoms with van der Waals surface area (Å²) >= 11 is 0. The molecule has 0 fully saturated rings. The Morgan fingerprint density at radius 2 is 1.70 bits per heavy atom. The number of benzene rings is 3. The maximum absolute atomic E-state index is 5.96. The van der Waals surface area contributed by atoms with Crippen LogP contribution in [0.3, 0.4) is 0 Å². The molecule has 0 atom stereocenters. The van der Waals surface area contributed by atoms with Crippen molar-refractivity contribution in [3.63, 3.8) is 0 Å². The Labute approximate surface area is 175 Å². The summed E-state index contributed by atoms with van der Waals surface area (Å²) in [5, 5.41) is 7.57. The standard InChI is InChI=1S/C24H24N4O2/c1-17-7-6-10-19(13-17)28-24-20-14-22(29-2)23(15-21(20)26-16-27-24)30-12-11-25-18-8-4-3-5-9-18/h3-10,13-16,25H,11-12H2,1-2H3,(H,26,27,28). The molecule has 0 unspecified atom stereocenters. The first-order chi connectivity index (χ1) is 14.7. The highest BCUT2D eigenvalue weighted by Crippen LogP contribution is 2.34. The van der Waals surface area contributed by atoms with Crippen LogP contribution in [0.15, 0.2) is 73.1 Å². The molecule has 0 amide bonds. The number of aromatic nitrogens is 2. The normalized spacial score (nSPS) is 10.6. The van der Waals surface area contributed by atoms with Gasteiger partial charge in [0.25, 0.3) is 0 Å². The Bertz CT molecular complexity index is 1130. The highest BCUT2D eigenvalue weighted by molar-refractivity contribution is 5.93. The van der Waals surface area contributed by atoms with E-state index in [1.165, 1.54) is 5.56 Å². The molecule has 4 rings (SSSR count). The maximum atomic E-state index is 5.96. The van der Waals surface area contributed by atoms with Crippen LogP contribution in [-0.4, -0.2) is 30.2 Å². The zero-order valence-electron chi connectivity index (χ0n) is 17.1. The number of rotatable bonds is 8. The van der Waals surface area contributed by atoms with Crippen molar-refractivity contribution in [2.45, 2.75) is 6.92 Å². The van der Waals surface area contributed by atoms with Crippen molar-refractivity contribution in [1.29, 1.82) is 0 Å². The van der Waals surface area contributed by atoms with Gasteiger partial charge in [-0.2, -0.15) is 0 Å². The van der Waals surface area contributed by atoms with Crippen molar-refractivity contribution in [3.8, 4) is 11.5 Å². The van der Waals surface area contributed by atoms with Crippen LogP contribution in [0.5, 0.6) is 11.5 Å². The first kappa shape index (κ1) is 19.5. The first-order valence-electron chi connectivity index (χ1n) is 9.81. The van der Waals surface area contributed by atoms with Gasteiger partial charge in [-0.3, -0.25) is 0 Å². The molecular weight excluding hydrogens is 376 g/mol. The number of methoxy groups -OCH3 is 1. The lowest BCUT2D eigenvalue weighted by Crippen LogP contribution is -2.11. The van der Waals surface area contributed by atoms with Crippen molar-refractivity contribution >= 4 is 28.1 Å². The number of hydrogen-bond acceptors (Lipinski definition) is 6. The Morgan fingerprint density at radius 1 is 0.867 bits per heavy atom. The molecule has 0 bridgehead atoms. The Hall–Kier alpha value is -3.80. The number of fused-ring (bicyclic) bond motifs is 1. The zero-order chi connectivity index (χ0) is 20.8. The smallest absolute Gasteiger partial charge is 0.163 e. The summed E-state index contributed by atoms with van der Waals surface area (Å²) in [6.45, 7) is 3.23. The third-order valence-electron chi connectivity index (χ3n) is 4.66. The molecule has 6 nitrogen and oxygen atoms in total. The number of para-hydroxylation sites is 1. The molecule has 1 aromatic heterocycles. The van der Waals surface area contributed by atoms with Crippen LogP contribution < -0.4 is 20.1 Å². The van der Waals surface area contributed by atoms with Gasteiger partial charge >= 0.3 is 0 Å². The molecule has 0 aliphatic heterocycles. The predicted octanol–water partition coefficient (Wildman–Crippen LogP) is 5.18. The number of nitrogens with one attached hydrogen (secondary N) is 2. The fourth-order valence-electron chi connectivity index (χ4n) is 3.21. The lowest BCUT2D eigenvalue weighted by Gasteiger charge is -2.14. The molecule has 3 aromatic carbocycles. The van der Waals surface area contributed by atoms with E-state index in [2.05, 4.69) is 39.7 Å². The second kappa shape index (κ2) is 9.13. The van der Waals surface area contributed by atoms with Crippen LogP contribution in [0.25, 0.3) is 10.9 Å². The van der Waals surface area contributed by atoms with Crippen LogP contribution in [-0.2, 0) is 0 Å². The van der Waals surface area contributed by atoms with Crippen molar-refractivity contribution < 1.29 is 9.47 Å². The Balaban J connectivity index is 1.52. The van der Waals surface area contributed by atoms with E-state index < -0.39 is 0 Å². The minimum atomic E-state index is 0.496. The molecule has 152 valence electrons. The molecule has 1 heterocycles. The summed E-state index contributed by atoms with van der Waals surface area (Å²) in [4.78, 5) is 8.83. The monoisotopic (exact) mass is 400 g/mol. The van der Waals surface area contributed by atoms with Gasteiger partial charge < -0.3 is 20.1 Å². The third kappa shape index (κ3) is 4.60. The average Bonchev–Trinajstić information content (AvgIpc) is 2.77. The Kier molecular flexibility index (Phi) is 5.94. The highest BCUT2D eigenvalue weighted by Gasteiger charge is 2.12. The molecule has 30 heavy (non-hydrogen) atoms. The van der Waals surface area contributed by atoms with E-state index in [-0.39, 0.29) is 0 Å².